The van der Waals surface area contributed by atoms with Gasteiger partial charge < -0.3 is 15.3 Å². The molecule has 0 aliphatic heterocycles. The van der Waals surface area contributed by atoms with Crippen molar-refractivity contribution in [3.8, 4) is 11.3 Å². The Morgan fingerprint density at radius 3 is 2.10 bits per heavy atom. The Balaban J connectivity index is 2.40. The summed E-state index contributed by atoms with van der Waals surface area (Å²) in [5, 5.41) is 10.6. The van der Waals surface area contributed by atoms with Crippen LogP contribution in [0.1, 0.15) is 102 Å². The summed E-state index contributed by atoms with van der Waals surface area (Å²) in [5.74, 6) is -2.56. The van der Waals surface area contributed by atoms with E-state index in [2.05, 4.69) is 9.97 Å². The molecule has 0 radical (unpaired) electrons. The molecule has 0 atom stereocenters. The molecule has 0 spiro atoms. The van der Waals surface area contributed by atoms with Crippen molar-refractivity contribution in [2.45, 2.75) is 115 Å². The summed E-state index contributed by atoms with van der Waals surface area (Å²) in [6, 6.07) is 2.51. The largest absolute Gasteiger partial charge is 0.416 e. The topological polar surface area (TPSA) is 136 Å². The van der Waals surface area contributed by atoms with E-state index in [0.29, 0.717) is 11.3 Å². The predicted molar refractivity (Wildman–Crippen MR) is 181 cm³/mol. The first kappa shape index (κ1) is 39.5. The van der Waals surface area contributed by atoms with Crippen LogP contribution in [0.25, 0.3) is 11.3 Å². The zero-order valence-corrected chi connectivity index (χ0v) is 31.6. The molecule has 2 aromatic heterocycles. The van der Waals surface area contributed by atoms with Crippen LogP contribution in [0.2, 0.25) is 18.1 Å². The zero-order chi connectivity index (χ0) is 36.9. The minimum atomic E-state index is -4.98. The molecule has 0 saturated heterocycles. The Morgan fingerprint density at radius 2 is 1.65 bits per heavy atom. The second-order valence-corrected chi connectivity index (χ2v) is 22.1. The summed E-state index contributed by atoms with van der Waals surface area (Å²) in [6.07, 6.45) is -4.71. The Kier molecular flexibility index (Phi) is 11.0. The maximum Gasteiger partial charge on any atom is 0.416 e. The molecule has 3 aromatic rings. The van der Waals surface area contributed by atoms with E-state index in [1.54, 1.807) is 27.7 Å². The highest BCUT2D eigenvalue weighted by Crippen LogP contribution is 2.44. The third-order valence-corrected chi connectivity index (χ3v) is 16.3. The predicted octanol–water partition coefficient (Wildman–Crippen LogP) is 8.63. The lowest BCUT2D eigenvalue weighted by Crippen LogP contribution is -2.43. The van der Waals surface area contributed by atoms with Gasteiger partial charge in [0, 0.05) is 11.1 Å². The molecule has 0 bridgehead atoms. The van der Waals surface area contributed by atoms with Crippen molar-refractivity contribution in [2.24, 2.45) is 5.73 Å². The Labute approximate surface area is 284 Å². The molecule has 1 aromatic carbocycles. The van der Waals surface area contributed by atoms with Crippen LogP contribution < -0.4 is 10.0 Å². The molecule has 0 fully saturated rings. The molecular formula is C32H44F4N4O5S2Si. The van der Waals surface area contributed by atoms with Crippen LogP contribution >= 0.6 is 11.3 Å². The second-order valence-electron chi connectivity index (χ2n) is 14.3. The number of urea groups is 1. The second kappa shape index (κ2) is 13.4. The van der Waals surface area contributed by atoms with E-state index >= 15 is 4.39 Å². The first-order valence-electron chi connectivity index (χ1n) is 15.2. The quantitative estimate of drug-likeness (QED) is 0.157. The number of thiazole rings is 1. The molecule has 3 N–H and O–H groups in total. The number of anilines is 1. The molecule has 266 valence electrons. The average Bonchev–Trinajstić information content (AvgIpc) is 3.37. The van der Waals surface area contributed by atoms with Crippen molar-refractivity contribution in [2.75, 3.05) is 4.31 Å². The van der Waals surface area contributed by atoms with Crippen LogP contribution in [0.5, 0.6) is 0 Å². The summed E-state index contributed by atoms with van der Waals surface area (Å²) in [4.78, 5) is 22.0. The maximum atomic E-state index is 16.6. The monoisotopic (exact) mass is 732 g/mol. The third kappa shape index (κ3) is 7.93. The molecule has 0 aliphatic rings. The molecule has 0 saturated carbocycles. The molecule has 2 heterocycles. The van der Waals surface area contributed by atoms with Crippen molar-refractivity contribution in [3.63, 3.8) is 0 Å². The van der Waals surface area contributed by atoms with Gasteiger partial charge in [0.2, 0.25) is 0 Å². The number of alkyl halides is 3. The highest BCUT2D eigenvalue weighted by molar-refractivity contribution is 7.95. The fourth-order valence-corrected chi connectivity index (χ4v) is 8.41. The summed E-state index contributed by atoms with van der Waals surface area (Å²) in [5.41, 5.74) is 1.69. The van der Waals surface area contributed by atoms with Crippen molar-refractivity contribution in [3.05, 3.63) is 57.6 Å². The van der Waals surface area contributed by atoms with Crippen molar-refractivity contribution in [1.29, 1.82) is 0 Å². The van der Waals surface area contributed by atoms with Gasteiger partial charge in [-0.05, 0) is 55.9 Å². The van der Waals surface area contributed by atoms with Gasteiger partial charge >= 0.3 is 12.2 Å². The first-order chi connectivity index (χ1) is 21.6. The minimum Gasteiger partial charge on any atom is -0.411 e. The number of carbonyl (C=O) groups is 1. The Morgan fingerprint density at radius 1 is 1.06 bits per heavy atom. The van der Waals surface area contributed by atoms with Gasteiger partial charge in [0.1, 0.15) is 16.3 Å². The van der Waals surface area contributed by atoms with Gasteiger partial charge in [0.25, 0.3) is 10.0 Å². The van der Waals surface area contributed by atoms with E-state index in [4.69, 9.17) is 10.2 Å². The van der Waals surface area contributed by atoms with Gasteiger partial charge in [0.05, 0.1) is 29.2 Å². The fraction of sp³-hybridized carbons (Fsp3) is 0.531. The summed E-state index contributed by atoms with van der Waals surface area (Å²) < 4.78 is 92.7. The number of primary amides is 1. The number of carbonyl (C=O) groups excluding carboxylic acids is 1. The molecular weight excluding hydrogens is 689 g/mol. The van der Waals surface area contributed by atoms with Crippen LogP contribution in [0, 0.1) is 5.82 Å². The number of aliphatic hydroxyl groups is 1. The van der Waals surface area contributed by atoms with Crippen LogP contribution in [-0.4, -0.2) is 37.8 Å². The number of aromatic nitrogens is 2. The number of nitrogens with two attached hydrogens (primary N) is 1. The van der Waals surface area contributed by atoms with E-state index in [1.807, 2.05) is 33.9 Å². The van der Waals surface area contributed by atoms with Gasteiger partial charge in [-0.3, -0.25) is 0 Å². The number of benzene rings is 1. The van der Waals surface area contributed by atoms with Crippen molar-refractivity contribution in [1.82, 2.24) is 9.97 Å². The zero-order valence-electron chi connectivity index (χ0n) is 29.0. The summed E-state index contributed by atoms with van der Waals surface area (Å²) >= 11 is 0.625. The standard InChI is InChI=1S/C32H44F4N4O5S2Si/c1-17(2)22-23(33)25(19-13-12-14-20(15-19)32(34,35)36)39-24(18(3)4)26(22)40(29(37)41)47(43,44)27-21(38-28(46-27)31(8,9)42)16-45-48(10,11)30(5,6)7/h12-15,17-18,42H,16H2,1-11H3,(H2,37,41). The minimum absolute atomic E-state index is 0.0247. The first-order valence-corrected chi connectivity index (χ1v) is 20.4. The Bertz CT molecular complexity index is 1800. The maximum absolute atomic E-state index is 16.6. The molecule has 16 heteroatoms. The van der Waals surface area contributed by atoms with Gasteiger partial charge in [-0.15, -0.1) is 11.3 Å². The van der Waals surface area contributed by atoms with Crippen LogP contribution in [-0.2, 0) is 32.8 Å². The Hall–Kier alpha value is -2.92. The number of pyridine rings is 1. The number of sulfonamides is 1. The normalized spacial score (nSPS) is 13.5. The van der Waals surface area contributed by atoms with Crippen LogP contribution in [0.3, 0.4) is 0 Å². The average molecular weight is 733 g/mol. The van der Waals surface area contributed by atoms with Gasteiger partial charge in [-0.25, -0.2) is 19.2 Å². The van der Waals surface area contributed by atoms with E-state index < -0.39 is 75.0 Å². The highest BCUT2D eigenvalue weighted by atomic mass is 32.2. The summed E-state index contributed by atoms with van der Waals surface area (Å²) in [6.45, 7) is 18.8. The van der Waals surface area contributed by atoms with E-state index in [0.717, 1.165) is 18.2 Å². The van der Waals surface area contributed by atoms with Crippen LogP contribution in [0.15, 0.2) is 28.5 Å². The number of rotatable bonds is 10. The van der Waals surface area contributed by atoms with E-state index in [-0.39, 0.29) is 43.5 Å². The smallest absolute Gasteiger partial charge is 0.411 e. The lowest BCUT2D eigenvalue weighted by molar-refractivity contribution is -0.137. The van der Waals surface area contributed by atoms with E-state index in [9.17, 15) is 31.5 Å². The van der Waals surface area contributed by atoms with Crippen LogP contribution in [0.4, 0.5) is 28.0 Å². The lowest BCUT2D eigenvalue weighted by atomic mass is 9.93. The lowest BCUT2D eigenvalue weighted by Gasteiger charge is -2.36. The molecule has 0 unspecified atom stereocenters. The number of halogens is 4. The highest BCUT2D eigenvalue weighted by Gasteiger charge is 2.43. The molecule has 0 aliphatic carbocycles. The third-order valence-electron chi connectivity index (χ3n) is 8.20. The fourth-order valence-electron chi connectivity index (χ4n) is 4.56. The molecule has 9 nitrogen and oxygen atoms in total. The molecule has 3 rings (SSSR count). The number of nitrogens with zero attached hydrogens (tertiary/aromatic N) is 3. The summed E-state index contributed by atoms with van der Waals surface area (Å²) in [7, 11) is -7.43. The van der Waals surface area contributed by atoms with Crippen molar-refractivity contribution >= 4 is 41.4 Å². The van der Waals surface area contributed by atoms with E-state index in [1.165, 1.54) is 19.9 Å². The van der Waals surface area contributed by atoms with Gasteiger partial charge in [-0.1, -0.05) is 60.6 Å². The van der Waals surface area contributed by atoms with Crippen molar-refractivity contribution < 1.29 is 40.3 Å². The molecule has 2 amide bonds. The number of hydrogen-bond donors (Lipinski definition) is 2. The number of hydrogen-bond acceptors (Lipinski definition) is 8. The SMILES string of the molecule is CC(C)c1nc(-c2cccc(C(F)(F)F)c2)c(F)c(C(C)C)c1N(C(N)=O)S(=O)(=O)c1sc(C(C)(C)O)nc1CO[Si](C)(C)C(C)(C)C. The van der Waals surface area contributed by atoms with Gasteiger partial charge in [0.15, 0.2) is 18.3 Å². The van der Waals surface area contributed by atoms with Gasteiger partial charge in [-0.2, -0.15) is 25.9 Å². The molecule has 48 heavy (non-hydrogen) atoms. The number of amides is 2.